The van der Waals surface area contributed by atoms with Gasteiger partial charge in [-0.05, 0) is 36.0 Å². The van der Waals surface area contributed by atoms with Gasteiger partial charge < -0.3 is 5.73 Å². The van der Waals surface area contributed by atoms with Crippen LogP contribution in [0.15, 0.2) is 60.8 Å². The number of hydrogen-bond donors (Lipinski definition) is 1. The molecule has 2 fully saturated rings. The molecule has 37 heavy (non-hydrogen) atoms. The smallest absolute Gasteiger partial charge is 0.252 e. The molecule has 0 spiro atoms. The maximum Gasteiger partial charge on any atom is 0.252 e. The topological polar surface area (TPSA) is 105 Å². The Morgan fingerprint density at radius 2 is 1.81 bits per heavy atom. The number of primary amides is 1. The van der Waals surface area contributed by atoms with Crippen LogP contribution in [-0.2, 0) is 23.3 Å². The summed E-state index contributed by atoms with van der Waals surface area (Å²) in [7, 11) is 0. The highest BCUT2D eigenvalue weighted by Gasteiger charge is 2.46. The number of carbonyl (C=O) groups excluding carboxylic acids is 2. The molecule has 2 heterocycles. The van der Waals surface area contributed by atoms with Crippen molar-refractivity contribution in [2.24, 2.45) is 11.7 Å². The van der Waals surface area contributed by atoms with Crippen LogP contribution in [0.1, 0.15) is 47.3 Å². The lowest BCUT2D eigenvalue weighted by Gasteiger charge is -2.43. The summed E-state index contributed by atoms with van der Waals surface area (Å²) in [5, 5.41) is 14.1. The van der Waals surface area contributed by atoms with Crippen LogP contribution in [0.25, 0.3) is 11.1 Å². The van der Waals surface area contributed by atoms with Gasteiger partial charge in [0.15, 0.2) is 0 Å². The van der Waals surface area contributed by atoms with Crippen LogP contribution in [-0.4, -0.2) is 45.6 Å². The number of rotatable bonds is 9. The van der Waals surface area contributed by atoms with Crippen molar-refractivity contribution in [1.29, 1.82) is 5.26 Å². The van der Waals surface area contributed by atoms with Crippen molar-refractivity contribution < 1.29 is 14.0 Å². The number of amides is 1. The average molecular weight is 500 g/mol. The lowest BCUT2D eigenvalue weighted by atomic mass is 9.83. The fourth-order valence-electron chi connectivity index (χ4n) is 5.20. The van der Waals surface area contributed by atoms with Crippen molar-refractivity contribution in [1.82, 2.24) is 14.7 Å². The molecule has 1 saturated heterocycles. The van der Waals surface area contributed by atoms with Gasteiger partial charge in [-0.3, -0.25) is 19.2 Å². The second-order valence-corrected chi connectivity index (χ2v) is 10.2. The minimum Gasteiger partial charge on any atom is -0.365 e. The molecular formula is C29H30FN5O2. The monoisotopic (exact) mass is 499 g/mol. The molecule has 190 valence electrons. The Morgan fingerprint density at radius 1 is 1.11 bits per heavy atom. The highest BCUT2D eigenvalue weighted by molar-refractivity contribution is 5.95. The van der Waals surface area contributed by atoms with Crippen LogP contribution in [0.2, 0.25) is 0 Å². The van der Waals surface area contributed by atoms with Gasteiger partial charge in [-0.2, -0.15) is 10.4 Å². The minimum absolute atomic E-state index is 0.000623. The Balaban J connectivity index is 1.32. The molecule has 1 amide bonds. The average Bonchev–Trinajstić information content (AvgIpc) is 3.67. The third-order valence-electron chi connectivity index (χ3n) is 7.60. The van der Waals surface area contributed by atoms with Crippen LogP contribution >= 0.6 is 0 Å². The summed E-state index contributed by atoms with van der Waals surface area (Å²) in [5.41, 5.74) is 8.09. The Hall–Kier alpha value is -3.83. The molecule has 2 aromatic carbocycles. The Morgan fingerprint density at radius 3 is 2.43 bits per heavy atom. The molecule has 1 saturated carbocycles. The van der Waals surface area contributed by atoms with Crippen molar-refractivity contribution in [3.63, 3.8) is 0 Å². The van der Waals surface area contributed by atoms with E-state index in [2.05, 4.69) is 47.6 Å². The Kier molecular flexibility index (Phi) is 6.90. The molecule has 2 N–H and O–H groups in total. The number of nitrogens with two attached hydrogens (primary N) is 1. The molecule has 0 unspecified atom stereocenters. The van der Waals surface area contributed by atoms with E-state index in [4.69, 9.17) is 5.73 Å². The molecule has 1 aliphatic carbocycles. The Labute approximate surface area is 215 Å². The zero-order valence-corrected chi connectivity index (χ0v) is 20.6. The van der Waals surface area contributed by atoms with Crippen LogP contribution in [0, 0.1) is 17.2 Å². The van der Waals surface area contributed by atoms with Crippen molar-refractivity contribution in [2.45, 2.75) is 50.4 Å². The maximum absolute atomic E-state index is 15.9. The summed E-state index contributed by atoms with van der Waals surface area (Å²) in [6.45, 7) is 1.28. The van der Waals surface area contributed by atoms with Gasteiger partial charge in [0.2, 0.25) is 0 Å². The molecule has 8 heteroatoms. The lowest BCUT2D eigenvalue weighted by molar-refractivity contribution is -0.119. The van der Waals surface area contributed by atoms with Gasteiger partial charge in [-0.1, -0.05) is 54.6 Å². The standard InChI is InChI=1S/C29H30FN5O2/c30-27-19-34(17-20-6-8-22(9-7-20)21-4-2-1-3-5-21)15-13-29(27,12-14-31)35-18-24(28(32)37)25(33-35)16-26(36)23-10-11-23/h1-9,18,23,27H,10-13,15-17,19H2,(H2,32,37)/t27-,29+/m1/s1. The zero-order chi connectivity index (χ0) is 26.0. The molecule has 1 aromatic heterocycles. The summed E-state index contributed by atoms with van der Waals surface area (Å²) in [4.78, 5) is 26.5. The molecule has 2 atom stereocenters. The lowest BCUT2D eigenvalue weighted by Crippen LogP contribution is -2.54. The summed E-state index contributed by atoms with van der Waals surface area (Å²) >= 11 is 0. The first-order valence-corrected chi connectivity index (χ1v) is 12.7. The number of ketones is 1. The van der Waals surface area contributed by atoms with E-state index >= 15 is 4.39 Å². The van der Waals surface area contributed by atoms with Gasteiger partial charge in [-0.15, -0.1) is 0 Å². The van der Waals surface area contributed by atoms with Crippen LogP contribution in [0.5, 0.6) is 0 Å². The SMILES string of the molecule is N#CC[C@]1(n2cc(C(N)=O)c(CC(=O)C3CC3)n2)CCN(Cc2ccc(-c3ccccc3)cc2)C[C@H]1F. The van der Waals surface area contributed by atoms with Gasteiger partial charge >= 0.3 is 0 Å². The number of Topliss-reactive ketones (excluding diaryl/α,β-unsaturated/α-hetero) is 1. The molecule has 2 aliphatic rings. The molecule has 1 aliphatic heterocycles. The number of hydrogen-bond acceptors (Lipinski definition) is 5. The third kappa shape index (κ3) is 5.18. The second-order valence-electron chi connectivity index (χ2n) is 10.2. The molecule has 0 bridgehead atoms. The molecular weight excluding hydrogens is 469 g/mol. The molecule has 3 aromatic rings. The zero-order valence-electron chi connectivity index (χ0n) is 20.6. The number of aromatic nitrogens is 2. The predicted octanol–water partition coefficient (Wildman–Crippen LogP) is 4.02. The minimum atomic E-state index is -1.39. The van der Waals surface area contributed by atoms with Gasteiger partial charge in [0.1, 0.15) is 17.5 Å². The predicted molar refractivity (Wildman–Crippen MR) is 137 cm³/mol. The number of nitrogens with zero attached hydrogens (tertiary/aromatic N) is 4. The van der Waals surface area contributed by atoms with Crippen molar-refractivity contribution >= 4 is 11.7 Å². The molecule has 5 rings (SSSR count). The number of carbonyl (C=O) groups is 2. The number of likely N-dealkylation sites (tertiary alicyclic amines) is 1. The fraction of sp³-hybridized carbons (Fsp3) is 0.379. The van der Waals surface area contributed by atoms with Crippen LogP contribution in [0.3, 0.4) is 0 Å². The normalized spacial score (nSPS) is 21.9. The van der Waals surface area contributed by atoms with E-state index in [0.717, 1.165) is 29.5 Å². The largest absolute Gasteiger partial charge is 0.365 e. The van der Waals surface area contributed by atoms with Gasteiger partial charge in [0, 0.05) is 31.7 Å². The highest BCUT2D eigenvalue weighted by Crippen LogP contribution is 2.37. The highest BCUT2D eigenvalue weighted by atomic mass is 19.1. The first-order valence-electron chi connectivity index (χ1n) is 12.7. The summed E-state index contributed by atoms with van der Waals surface area (Å²) in [6, 6.07) is 20.5. The fourth-order valence-corrected chi connectivity index (χ4v) is 5.20. The molecule has 0 radical (unpaired) electrons. The van der Waals surface area contributed by atoms with Crippen LogP contribution in [0.4, 0.5) is 4.39 Å². The van der Waals surface area contributed by atoms with E-state index in [1.165, 1.54) is 10.9 Å². The van der Waals surface area contributed by atoms with E-state index in [1.54, 1.807) is 0 Å². The Bertz CT molecular complexity index is 1330. The third-order valence-corrected chi connectivity index (χ3v) is 7.60. The van der Waals surface area contributed by atoms with E-state index in [-0.39, 0.29) is 42.3 Å². The van der Waals surface area contributed by atoms with E-state index in [1.807, 2.05) is 23.1 Å². The number of benzene rings is 2. The first-order chi connectivity index (χ1) is 17.9. The van der Waals surface area contributed by atoms with Gasteiger partial charge in [-0.25, -0.2) is 4.39 Å². The quantitative estimate of drug-likeness (QED) is 0.479. The maximum atomic E-state index is 15.9. The number of halogens is 1. The van der Waals surface area contributed by atoms with Crippen molar-refractivity contribution in [3.05, 3.63) is 77.6 Å². The van der Waals surface area contributed by atoms with Crippen LogP contribution < -0.4 is 5.73 Å². The van der Waals surface area contributed by atoms with E-state index in [9.17, 15) is 14.9 Å². The summed E-state index contributed by atoms with van der Waals surface area (Å²) < 4.78 is 17.3. The number of piperidine rings is 1. The second kappa shape index (κ2) is 10.3. The molecule has 7 nitrogen and oxygen atoms in total. The van der Waals surface area contributed by atoms with E-state index < -0.39 is 17.6 Å². The summed E-state index contributed by atoms with van der Waals surface area (Å²) in [5.74, 6) is -0.673. The van der Waals surface area contributed by atoms with Crippen molar-refractivity contribution in [2.75, 3.05) is 13.1 Å². The van der Waals surface area contributed by atoms with Crippen molar-refractivity contribution in [3.8, 4) is 17.2 Å². The van der Waals surface area contributed by atoms with Gasteiger partial charge in [0.25, 0.3) is 5.91 Å². The number of nitriles is 1. The van der Waals surface area contributed by atoms with E-state index in [0.29, 0.717) is 19.5 Å². The number of alkyl halides is 1. The van der Waals surface area contributed by atoms with Gasteiger partial charge in [0.05, 0.1) is 30.2 Å². The summed E-state index contributed by atoms with van der Waals surface area (Å²) in [6.07, 6.45) is 1.99. The first kappa shape index (κ1) is 24.8.